The van der Waals surface area contributed by atoms with Crippen LogP contribution in [0.5, 0.6) is 5.75 Å². The Morgan fingerprint density at radius 2 is 2.05 bits per heavy atom. The molecule has 1 saturated heterocycles. The smallest absolute Gasteiger partial charge is 0.407 e. The quantitative estimate of drug-likeness (QED) is 0.146. The fraction of sp³-hybridized carbons (Fsp3) is 0.593. The highest BCUT2D eigenvalue weighted by molar-refractivity contribution is 7.85. The number of carbonyl (C=O) groups excluding carboxylic acids is 1. The number of hydrogen-bond donors (Lipinski definition) is 2. The minimum Gasteiger partial charge on any atom is -0.543 e. The number of rotatable bonds is 11. The van der Waals surface area contributed by atoms with Crippen molar-refractivity contribution >= 4 is 46.8 Å². The largest absolute Gasteiger partial charge is 0.543 e. The molecule has 11 nitrogen and oxygen atoms in total. The van der Waals surface area contributed by atoms with Crippen molar-refractivity contribution < 1.29 is 31.7 Å². The van der Waals surface area contributed by atoms with Crippen LogP contribution in [0.4, 0.5) is 4.79 Å². The number of hydrogen-bond acceptors (Lipinski definition) is 9. The molecule has 1 fully saturated rings. The average molecular weight is 625 g/mol. The van der Waals surface area contributed by atoms with Crippen molar-refractivity contribution in [2.24, 2.45) is 0 Å². The van der Waals surface area contributed by atoms with Gasteiger partial charge >= 0.3 is 6.09 Å². The third-order valence-corrected chi connectivity index (χ3v) is 13.5. The lowest BCUT2D eigenvalue weighted by atomic mass is 10.1. The lowest BCUT2D eigenvalue weighted by Gasteiger charge is -2.36. The summed E-state index contributed by atoms with van der Waals surface area (Å²) < 4.78 is 50.2. The van der Waals surface area contributed by atoms with Crippen LogP contribution in [-0.4, -0.2) is 61.1 Å². The van der Waals surface area contributed by atoms with Crippen molar-refractivity contribution in [2.45, 2.75) is 83.8 Å². The number of amides is 1. The molecule has 0 spiro atoms. The minimum atomic E-state index is -4.00. The third-order valence-electron chi connectivity index (χ3n) is 7.50. The van der Waals surface area contributed by atoms with Gasteiger partial charge in [0.05, 0.1) is 11.3 Å². The first-order chi connectivity index (χ1) is 19.2. The molecule has 1 unspecified atom stereocenters. The van der Waals surface area contributed by atoms with E-state index in [0.29, 0.717) is 23.7 Å². The van der Waals surface area contributed by atoms with Gasteiger partial charge in [0.25, 0.3) is 10.1 Å². The van der Waals surface area contributed by atoms with E-state index in [1.807, 2.05) is 28.3 Å². The summed E-state index contributed by atoms with van der Waals surface area (Å²) in [7, 11) is -6.05. The van der Waals surface area contributed by atoms with Crippen LogP contribution in [0.15, 0.2) is 23.6 Å². The standard InChI is InChI=1S/C27H40N4O7S2Si/c1-27(2,3)41(4,5)38-19-11-12-22-20(16-19)25(30-31(22)24-10-6-8-14-36-24)21-18-39-23(29-21)17-37-26(32)28-13-7-9-15-40(33,34)35/h11-12,16,18,24H,6-10,13-15,17H2,1-5H3,(H,28,32)(H,33,34,35). The molecule has 3 heterocycles. The van der Waals surface area contributed by atoms with Crippen molar-refractivity contribution in [3.63, 3.8) is 0 Å². The fourth-order valence-corrected chi connectivity index (χ4v) is 6.50. The number of benzene rings is 1. The number of ether oxygens (including phenoxy) is 2. The molecule has 1 aliphatic rings. The molecule has 41 heavy (non-hydrogen) atoms. The van der Waals surface area contributed by atoms with Gasteiger partial charge in [-0.3, -0.25) is 4.55 Å². The summed E-state index contributed by atoms with van der Waals surface area (Å²) in [5.41, 5.74) is 2.36. The minimum absolute atomic E-state index is 0.00830. The van der Waals surface area contributed by atoms with Crippen molar-refractivity contribution in [3.8, 4) is 17.1 Å². The Morgan fingerprint density at radius 1 is 1.27 bits per heavy atom. The molecular weight excluding hydrogens is 585 g/mol. The molecule has 14 heteroatoms. The zero-order chi connectivity index (χ0) is 29.8. The first-order valence-electron chi connectivity index (χ1n) is 13.9. The van der Waals surface area contributed by atoms with Gasteiger partial charge < -0.3 is 19.2 Å². The molecule has 0 aliphatic carbocycles. The number of nitrogens with one attached hydrogen (secondary N) is 1. The molecule has 1 amide bonds. The summed E-state index contributed by atoms with van der Waals surface area (Å²) in [5, 5.41) is 11.0. The second-order valence-electron chi connectivity index (χ2n) is 11.8. The average Bonchev–Trinajstić information content (AvgIpc) is 3.51. The second-order valence-corrected chi connectivity index (χ2v) is 19.0. The number of carbonyl (C=O) groups is 1. The zero-order valence-electron chi connectivity index (χ0n) is 24.3. The highest BCUT2D eigenvalue weighted by Crippen LogP contribution is 2.40. The van der Waals surface area contributed by atoms with Crippen LogP contribution in [0.2, 0.25) is 18.1 Å². The van der Waals surface area contributed by atoms with E-state index in [2.05, 4.69) is 39.2 Å². The summed E-state index contributed by atoms with van der Waals surface area (Å²) >= 11 is 1.38. The molecule has 2 N–H and O–H groups in total. The molecule has 1 aromatic carbocycles. The Labute approximate surface area is 246 Å². The third kappa shape index (κ3) is 8.28. The lowest BCUT2D eigenvalue weighted by molar-refractivity contribution is -0.0365. The van der Waals surface area contributed by atoms with E-state index in [1.165, 1.54) is 11.3 Å². The molecule has 0 radical (unpaired) electrons. The maximum Gasteiger partial charge on any atom is 0.407 e. The molecule has 4 rings (SSSR count). The summed E-state index contributed by atoms with van der Waals surface area (Å²) in [5.74, 6) is 0.467. The predicted octanol–water partition coefficient (Wildman–Crippen LogP) is 6.14. The molecule has 0 bridgehead atoms. The van der Waals surface area contributed by atoms with E-state index in [9.17, 15) is 13.2 Å². The van der Waals surface area contributed by atoms with Gasteiger partial charge in [-0.2, -0.15) is 13.5 Å². The van der Waals surface area contributed by atoms with Crippen molar-refractivity contribution in [1.29, 1.82) is 0 Å². The summed E-state index contributed by atoms with van der Waals surface area (Å²) in [6.07, 6.45) is 2.89. The molecule has 1 atom stereocenters. The van der Waals surface area contributed by atoms with Crippen LogP contribution in [0, 0.1) is 0 Å². The number of nitrogens with zero attached hydrogens (tertiary/aromatic N) is 3. The van der Waals surface area contributed by atoms with Gasteiger partial charge in [0.2, 0.25) is 8.32 Å². The monoisotopic (exact) mass is 624 g/mol. The first-order valence-corrected chi connectivity index (χ1v) is 19.3. The molecular formula is C27H40N4O7S2Si. The van der Waals surface area contributed by atoms with E-state index in [0.717, 1.165) is 41.6 Å². The molecule has 2 aromatic heterocycles. The lowest BCUT2D eigenvalue weighted by Crippen LogP contribution is -2.43. The van der Waals surface area contributed by atoms with Crippen LogP contribution in [0.1, 0.15) is 64.1 Å². The van der Waals surface area contributed by atoms with Crippen LogP contribution >= 0.6 is 11.3 Å². The predicted molar refractivity (Wildman–Crippen MR) is 161 cm³/mol. The van der Waals surface area contributed by atoms with Gasteiger partial charge in [-0.25, -0.2) is 14.5 Å². The van der Waals surface area contributed by atoms with Gasteiger partial charge in [-0.15, -0.1) is 11.3 Å². The Morgan fingerprint density at radius 3 is 2.73 bits per heavy atom. The van der Waals surface area contributed by atoms with Crippen molar-refractivity contribution in [3.05, 3.63) is 28.6 Å². The Bertz CT molecular complexity index is 1460. The molecule has 3 aromatic rings. The van der Waals surface area contributed by atoms with E-state index in [-0.39, 0.29) is 36.6 Å². The van der Waals surface area contributed by atoms with Crippen LogP contribution in [-0.2, 0) is 26.2 Å². The van der Waals surface area contributed by atoms with Crippen molar-refractivity contribution in [1.82, 2.24) is 20.1 Å². The second kappa shape index (κ2) is 12.8. The number of alkyl carbamates (subject to hydrolysis) is 1. The van der Waals surface area contributed by atoms with Gasteiger partial charge in [0.15, 0.2) is 6.23 Å². The zero-order valence-corrected chi connectivity index (χ0v) is 26.9. The SMILES string of the molecule is CC(C)(C)[Si](C)(C)Oc1ccc2c(c1)c(-c1csc(COC(=O)NCCCCS(=O)(=O)O)n1)nn2C1CCCCO1. The molecule has 226 valence electrons. The van der Waals surface area contributed by atoms with E-state index in [4.69, 9.17) is 28.5 Å². The first kappa shape index (κ1) is 31.4. The van der Waals surface area contributed by atoms with Gasteiger partial charge in [-0.1, -0.05) is 20.8 Å². The number of thiazole rings is 1. The van der Waals surface area contributed by atoms with Crippen LogP contribution in [0.3, 0.4) is 0 Å². The van der Waals surface area contributed by atoms with Gasteiger partial charge in [0, 0.05) is 23.9 Å². The van der Waals surface area contributed by atoms with E-state index < -0.39 is 24.5 Å². The summed E-state index contributed by atoms with van der Waals surface area (Å²) in [4.78, 5) is 16.8. The van der Waals surface area contributed by atoms with Gasteiger partial charge in [-0.05, 0) is 68.4 Å². The highest BCUT2D eigenvalue weighted by atomic mass is 32.2. The Balaban J connectivity index is 1.50. The number of aromatic nitrogens is 3. The van der Waals surface area contributed by atoms with Crippen LogP contribution < -0.4 is 9.74 Å². The molecule has 1 aliphatic heterocycles. The Kier molecular flexibility index (Phi) is 9.79. The fourth-order valence-electron chi connectivity index (χ4n) is 4.22. The highest BCUT2D eigenvalue weighted by Gasteiger charge is 2.39. The number of unbranched alkanes of at least 4 members (excludes halogenated alkanes) is 1. The van der Waals surface area contributed by atoms with Crippen LogP contribution in [0.25, 0.3) is 22.3 Å². The summed E-state index contributed by atoms with van der Waals surface area (Å²) in [6.45, 7) is 12.0. The Hall–Kier alpha value is -2.52. The topological polar surface area (TPSA) is 142 Å². The maximum atomic E-state index is 12.1. The van der Waals surface area contributed by atoms with E-state index in [1.54, 1.807) is 0 Å². The van der Waals surface area contributed by atoms with E-state index >= 15 is 0 Å². The molecule has 0 saturated carbocycles. The summed E-state index contributed by atoms with van der Waals surface area (Å²) in [6, 6.07) is 6.10. The maximum absolute atomic E-state index is 12.1. The normalized spacial score (nSPS) is 16.6. The number of fused-ring (bicyclic) bond motifs is 1. The van der Waals surface area contributed by atoms with Crippen molar-refractivity contribution in [2.75, 3.05) is 18.9 Å². The van der Waals surface area contributed by atoms with Gasteiger partial charge in [0.1, 0.15) is 28.8 Å².